The number of aromatic nitrogens is 2. The maximum Gasteiger partial charge on any atom is 0.160 e. The molecule has 0 aliphatic heterocycles. The van der Waals surface area contributed by atoms with E-state index in [1.54, 1.807) is 0 Å². The van der Waals surface area contributed by atoms with E-state index in [-0.39, 0.29) is 5.41 Å². The third-order valence-corrected chi connectivity index (χ3v) is 12.3. The molecule has 2 nitrogen and oxygen atoms in total. The molecule has 11 rings (SSSR count). The minimum absolute atomic E-state index is 0.144. The Bertz CT molecular complexity index is 3220. The average Bonchev–Trinajstić information content (AvgIpc) is 3.55. The van der Waals surface area contributed by atoms with Gasteiger partial charge in [-0.05, 0) is 89.3 Å². The second kappa shape index (κ2) is 13.9. The Morgan fingerprint density at radius 3 is 1.64 bits per heavy atom. The lowest BCUT2D eigenvalue weighted by atomic mass is 9.78. The molecule has 0 saturated heterocycles. The summed E-state index contributed by atoms with van der Waals surface area (Å²) in [5.41, 5.74) is 17.5. The first-order valence-electron chi connectivity index (χ1n) is 20.4. The van der Waals surface area contributed by atoms with Gasteiger partial charge in [-0.1, -0.05) is 208 Å². The summed E-state index contributed by atoms with van der Waals surface area (Å²) in [6.45, 7) is 4.76. The number of fused-ring (bicyclic) bond motifs is 6. The molecule has 0 unspecified atom stereocenters. The Morgan fingerprint density at radius 2 is 0.881 bits per heavy atom. The summed E-state index contributed by atoms with van der Waals surface area (Å²) in [5.74, 6) is 0.708. The number of nitrogens with zero attached hydrogens (tertiary/aromatic N) is 2. The van der Waals surface area contributed by atoms with Gasteiger partial charge in [0.05, 0.1) is 11.4 Å². The molecule has 59 heavy (non-hydrogen) atoms. The topological polar surface area (TPSA) is 25.8 Å². The van der Waals surface area contributed by atoms with Gasteiger partial charge in [0.2, 0.25) is 0 Å². The van der Waals surface area contributed by atoms with Crippen molar-refractivity contribution in [2.24, 2.45) is 0 Å². The van der Waals surface area contributed by atoms with Crippen molar-refractivity contribution in [1.82, 2.24) is 9.97 Å². The lowest BCUT2D eigenvalue weighted by molar-refractivity contribution is 0.662. The summed E-state index contributed by atoms with van der Waals surface area (Å²) in [5, 5.41) is 4.95. The molecule has 2 heteroatoms. The third-order valence-electron chi connectivity index (χ3n) is 12.3. The molecule has 278 valence electrons. The number of rotatable bonds is 6. The van der Waals surface area contributed by atoms with Gasteiger partial charge in [0.1, 0.15) is 0 Å². The first-order chi connectivity index (χ1) is 29.0. The molecule has 1 aromatic heterocycles. The van der Waals surface area contributed by atoms with Crippen LogP contribution < -0.4 is 0 Å². The molecule has 0 fully saturated rings. The highest BCUT2D eigenvalue weighted by atomic mass is 14.9. The van der Waals surface area contributed by atoms with Crippen LogP contribution in [-0.2, 0) is 5.41 Å². The van der Waals surface area contributed by atoms with Gasteiger partial charge in [-0.15, -0.1) is 0 Å². The summed E-state index contributed by atoms with van der Waals surface area (Å²) < 4.78 is 0. The molecule has 1 aliphatic rings. The Labute approximate surface area is 345 Å². The fourth-order valence-electron chi connectivity index (χ4n) is 9.43. The summed E-state index contributed by atoms with van der Waals surface area (Å²) >= 11 is 0. The Hall–Kier alpha value is -7.42. The predicted molar refractivity (Wildman–Crippen MR) is 247 cm³/mol. The van der Waals surface area contributed by atoms with Gasteiger partial charge < -0.3 is 0 Å². The van der Waals surface area contributed by atoms with Crippen molar-refractivity contribution in [2.75, 3.05) is 0 Å². The van der Waals surface area contributed by atoms with Crippen molar-refractivity contribution in [3.05, 3.63) is 217 Å². The molecule has 0 saturated carbocycles. The molecule has 0 atom stereocenters. The van der Waals surface area contributed by atoms with Gasteiger partial charge >= 0.3 is 0 Å². The summed E-state index contributed by atoms with van der Waals surface area (Å²) in [7, 11) is 0. The maximum atomic E-state index is 5.24. The average molecular weight is 753 g/mol. The van der Waals surface area contributed by atoms with E-state index >= 15 is 0 Å². The van der Waals surface area contributed by atoms with Crippen LogP contribution in [0.3, 0.4) is 0 Å². The van der Waals surface area contributed by atoms with Gasteiger partial charge in [0.25, 0.3) is 0 Å². The van der Waals surface area contributed by atoms with E-state index in [4.69, 9.17) is 9.97 Å². The van der Waals surface area contributed by atoms with Crippen molar-refractivity contribution in [2.45, 2.75) is 19.3 Å². The van der Waals surface area contributed by atoms with Crippen LogP contribution in [0, 0.1) is 0 Å². The Balaban J connectivity index is 1.02. The van der Waals surface area contributed by atoms with Crippen LogP contribution in [0.4, 0.5) is 0 Å². The normalized spacial score (nSPS) is 12.7. The standard InChI is InChI=1S/C57H40N2/c1-57(2)51-34-31-39-17-9-10-22-45(39)54(51)50-26-14-25-46(55(50)57)43-21-13-20-42(35-43)44-32-33-49(48-24-12-11-23-47(44)48)53-36-52(58-56(59-53)41-18-7-4-8-19-41)40-29-27-38(28-30-40)37-15-5-3-6-16-37/h3-36H,1-2H3. The molecule has 10 aromatic rings. The molecule has 0 radical (unpaired) electrons. The lowest BCUT2D eigenvalue weighted by Gasteiger charge is -2.25. The lowest BCUT2D eigenvalue weighted by Crippen LogP contribution is -2.16. The van der Waals surface area contributed by atoms with E-state index < -0.39 is 0 Å². The molecule has 9 aromatic carbocycles. The van der Waals surface area contributed by atoms with E-state index in [0.29, 0.717) is 5.82 Å². The van der Waals surface area contributed by atoms with Crippen molar-refractivity contribution in [1.29, 1.82) is 0 Å². The third kappa shape index (κ3) is 5.87. The second-order valence-corrected chi connectivity index (χ2v) is 16.1. The van der Waals surface area contributed by atoms with Gasteiger partial charge in [-0.25, -0.2) is 9.97 Å². The predicted octanol–water partition coefficient (Wildman–Crippen LogP) is 15.1. The quantitative estimate of drug-likeness (QED) is 0.169. The highest BCUT2D eigenvalue weighted by Crippen LogP contribution is 2.54. The molecule has 0 amide bonds. The van der Waals surface area contributed by atoms with Crippen LogP contribution in [0.1, 0.15) is 25.0 Å². The fraction of sp³-hybridized carbons (Fsp3) is 0.0526. The minimum atomic E-state index is -0.144. The zero-order chi connectivity index (χ0) is 39.5. The Kier molecular flexibility index (Phi) is 8.20. The summed E-state index contributed by atoms with van der Waals surface area (Å²) in [6.07, 6.45) is 0. The van der Waals surface area contributed by atoms with Crippen LogP contribution >= 0.6 is 0 Å². The van der Waals surface area contributed by atoms with Crippen molar-refractivity contribution in [3.8, 4) is 78.4 Å². The summed E-state index contributed by atoms with van der Waals surface area (Å²) in [4.78, 5) is 10.4. The van der Waals surface area contributed by atoms with E-state index in [0.717, 1.165) is 33.5 Å². The second-order valence-electron chi connectivity index (χ2n) is 16.1. The van der Waals surface area contributed by atoms with Crippen LogP contribution in [0.15, 0.2) is 206 Å². The maximum absolute atomic E-state index is 5.24. The molecule has 1 heterocycles. The first-order valence-corrected chi connectivity index (χ1v) is 20.4. The van der Waals surface area contributed by atoms with Crippen molar-refractivity contribution < 1.29 is 0 Å². The van der Waals surface area contributed by atoms with E-state index in [1.165, 1.54) is 71.8 Å². The van der Waals surface area contributed by atoms with Crippen LogP contribution in [0.2, 0.25) is 0 Å². The van der Waals surface area contributed by atoms with Gasteiger partial charge in [-0.3, -0.25) is 0 Å². The van der Waals surface area contributed by atoms with Crippen LogP contribution in [0.25, 0.3) is 100.0 Å². The number of benzene rings is 9. The molecule has 0 bridgehead atoms. The molecular formula is C57H40N2. The highest BCUT2D eigenvalue weighted by Gasteiger charge is 2.38. The smallest absolute Gasteiger partial charge is 0.160 e. The largest absolute Gasteiger partial charge is 0.228 e. The van der Waals surface area contributed by atoms with Crippen LogP contribution in [-0.4, -0.2) is 9.97 Å². The van der Waals surface area contributed by atoms with Crippen molar-refractivity contribution >= 4 is 21.5 Å². The van der Waals surface area contributed by atoms with E-state index in [9.17, 15) is 0 Å². The first kappa shape index (κ1) is 34.8. The van der Waals surface area contributed by atoms with E-state index in [1.807, 2.05) is 18.2 Å². The fourth-order valence-corrected chi connectivity index (χ4v) is 9.43. The molecular weight excluding hydrogens is 713 g/mol. The van der Waals surface area contributed by atoms with Gasteiger partial charge in [0, 0.05) is 22.1 Å². The highest BCUT2D eigenvalue weighted by molar-refractivity contribution is 6.06. The number of hydrogen-bond donors (Lipinski definition) is 0. The molecule has 0 spiro atoms. The number of hydrogen-bond acceptors (Lipinski definition) is 2. The van der Waals surface area contributed by atoms with Gasteiger partial charge in [-0.2, -0.15) is 0 Å². The minimum Gasteiger partial charge on any atom is -0.228 e. The SMILES string of the molecule is CC1(C)c2ccc3ccccc3c2-c2cccc(-c3cccc(-c4ccc(-c5cc(-c6ccc(-c7ccccc7)cc6)nc(-c6ccccc6)n5)c5ccccc45)c3)c21. The molecule has 0 N–H and O–H groups in total. The zero-order valence-electron chi connectivity index (χ0n) is 33.0. The zero-order valence-corrected chi connectivity index (χ0v) is 33.0. The van der Waals surface area contributed by atoms with Crippen molar-refractivity contribution in [3.63, 3.8) is 0 Å². The summed E-state index contributed by atoms with van der Waals surface area (Å²) in [6, 6.07) is 74.3. The van der Waals surface area contributed by atoms with Crippen LogP contribution in [0.5, 0.6) is 0 Å². The van der Waals surface area contributed by atoms with E-state index in [2.05, 4.69) is 202 Å². The Morgan fingerprint density at radius 1 is 0.339 bits per heavy atom. The monoisotopic (exact) mass is 752 g/mol. The molecule has 1 aliphatic carbocycles. The van der Waals surface area contributed by atoms with Gasteiger partial charge in [0.15, 0.2) is 5.82 Å².